The lowest BCUT2D eigenvalue weighted by atomic mass is 9.91. The number of anilines is 1. The van der Waals surface area contributed by atoms with E-state index < -0.39 is 11.8 Å². The third-order valence-corrected chi connectivity index (χ3v) is 5.02. The van der Waals surface area contributed by atoms with Crippen LogP contribution in [0.2, 0.25) is 0 Å². The lowest BCUT2D eigenvalue weighted by molar-refractivity contribution is -0.166. The second-order valence-electron chi connectivity index (χ2n) is 6.18. The van der Waals surface area contributed by atoms with Crippen LogP contribution in [0.5, 0.6) is 0 Å². The second-order valence-corrected chi connectivity index (χ2v) is 6.18. The summed E-state index contributed by atoms with van der Waals surface area (Å²) in [4.78, 5) is 27.1. The molecular weight excluding hydrogens is 292 g/mol. The summed E-state index contributed by atoms with van der Waals surface area (Å²) < 4.78 is 5.70. The molecule has 0 aliphatic carbocycles. The van der Waals surface area contributed by atoms with Gasteiger partial charge in [0.25, 0.3) is 11.6 Å². The predicted molar refractivity (Wildman–Crippen MR) is 82.3 cm³/mol. The molecule has 0 bridgehead atoms. The normalized spacial score (nSPS) is 28.1. The number of carbonyl (C=O) groups excluding carboxylic acids is 2. The molecule has 5 heteroatoms. The highest BCUT2D eigenvalue weighted by Gasteiger charge is 2.63. The van der Waals surface area contributed by atoms with Crippen molar-refractivity contribution < 1.29 is 14.3 Å². The molecule has 23 heavy (non-hydrogen) atoms. The van der Waals surface area contributed by atoms with Crippen molar-refractivity contribution in [3.63, 3.8) is 0 Å². The molecule has 1 amide bonds. The van der Waals surface area contributed by atoms with Crippen LogP contribution in [0.15, 0.2) is 48.5 Å². The highest BCUT2D eigenvalue weighted by atomic mass is 16.6. The molecular formula is C18H14N2O3. The standard InChI is InChI=1S/C18H14N2O3/c21-16-15-9-11-5-1-2-6-12(11)10-20(15)18(23-16)13-7-3-4-8-14(13)19-17(18)22/h1-8,15H,9-10H2,(H,19,22)/t15-,18?/m1/s1. The largest absolute Gasteiger partial charge is 0.428 e. The molecule has 114 valence electrons. The van der Waals surface area contributed by atoms with Gasteiger partial charge in [0.2, 0.25) is 0 Å². The number of nitrogens with one attached hydrogen (secondary N) is 1. The van der Waals surface area contributed by atoms with Gasteiger partial charge in [0.1, 0.15) is 6.04 Å². The van der Waals surface area contributed by atoms with E-state index >= 15 is 0 Å². The number of ether oxygens (including phenoxy) is 1. The van der Waals surface area contributed by atoms with Gasteiger partial charge < -0.3 is 10.1 Å². The van der Waals surface area contributed by atoms with Crippen LogP contribution in [0.1, 0.15) is 16.7 Å². The number of hydrogen-bond acceptors (Lipinski definition) is 4. The monoisotopic (exact) mass is 306 g/mol. The molecule has 1 unspecified atom stereocenters. The van der Waals surface area contributed by atoms with Crippen LogP contribution in [-0.2, 0) is 33.0 Å². The van der Waals surface area contributed by atoms with Crippen molar-refractivity contribution in [1.29, 1.82) is 0 Å². The summed E-state index contributed by atoms with van der Waals surface area (Å²) in [5, 5.41) is 2.85. The van der Waals surface area contributed by atoms with Gasteiger partial charge in [0.05, 0.1) is 5.69 Å². The van der Waals surface area contributed by atoms with Gasteiger partial charge in [-0.05, 0) is 23.6 Å². The van der Waals surface area contributed by atoms with E-state index in [-0.39, 0.29) is 11.9 Å². The molecule has 3 aliphatic rings. The molecule has 0 saturated carbocycles. The highest BCUT2D eigenvalue weighted by molar-refractivity contribution is 6.07. The molecule has 3 aliphatic heterocycles. The van der Waals surface area contributed by atoms with Gasteiger partial charge in [0, 0.05) is 12.1 Å². The number of nitrogens with zero attached hydrogens (tertiary/aromatic N) is 1. The molecule has 5 nitrogen and oxygen atoms in total. The van der Waals surface area contributed by atoms with Crippen molar-refractivity contribution in [2.45, 2.75) is 24.7 Å². The Morgan fingerprint density at radius 3 is 2.65 bits per heavy atom. The first kappa shape index (κ1) is 12.8. The van der Waals surface area contributed by atoms with E-state index in [0.717, 1.165) is 16.7 Å². The zero-order valence-electron chi connectivity index (χ0n) is 12.3. The summed E-state index contributed by atoms with van der Waals surface area (Å²) >= 11 is 0. The second kappa shape index (κ2) is 4.20. The Balaban J connectivity index is 1.69. The average Bonchev–Trinajstić information content (AvgIpc) is 3.02. The molecule has 2 aromatic carbocycles. The fraction of sp³-hybridized carbons (Fsp3) is 0.222. The Morgan fingerprint density at radius 1 is 1.04 bits per heavy atom. The van der Waals surface area contributed by atoms with Crippen molar-refractivity contribution in [2.24, 2.45) is 0 Å². The fourth-order valence-corrected chi connectivity index (χ4v) is 3.94. The van der Waals surface area contributed by atoms with E-state index in [9.17, 15) is 9.59 Å². The van der Waals surface area contributed by atoms with Crippen molar-refractivity contribution in [3.8, 4) is 0 Å². The Labute approximate surface area is 132 Å². The van der Waals surface area contributed by atoms with E-state index in [1.165, 1.54) is 0 Å². The number of rotatable bonds is 0. The first-order valence-electron chi connectivity index (χ1n) is 7.67. The summed E-state index contributed by atoms with van der Waals surface area (Å²) in [6.07, 6.45) is 0.576. The fourth-order valence-electron chi connectivity index (χ4n) is 3.94. The molecule has 1 N–H and O–H groups in total. The maximum atomic E-state index is 12.7. The van der Waals surface area contributed by atoms with E-state index in [1.54, 1.807) is 0 Å². The number of hydrogen-bond donors (Lipinski definition) is 1. The van der Waals surface area contributed by atoms with Crippen molar-refractivity contribution in [2.75, 3.05) is 5.32 Å². The molecule has 1 fully saturated rings. The topological polar surface area (TPSA) is 58.6 Å². The third-order valence-electron chi connectivity index (χ3n) is 5.02. The maximum Gasteiger partial charge on any atom is 0.326 e. The number of fused-ring (bicyclic) bond motifs is 5. The Kier molecular flexibility index (Phi) is 2.35. The summed E-state index contributed by atoms with van der Waals surface area (Å²) in [6, 6.07) is 15.0. The van der Waals surface area contributed by atoms with Crippen LogP contribution >= 0.6 is 0 Å². The minimum Gasteiger partial charge on any atom is -0.428 e. The number of benzene rings is 2. The van der Waals surface area contributed by atoms with E-state index in [1.807, 2.05) is 53.4 Å². The zero-order valence-corrected chi connectivity index (χ0v) is 12.3. The van der Waals surface area contributed by atoms with E-state index in [2.05, 4.69) is 5.32 Å². The van der Waals surface area contributed by atoms with Gasteiger partial charge in [-0.2, -0.15) is 0 Å². The van der Waals surface area contributed by atoms with Gasteiger partial charge in [-0.15, -0.1) is 0 Å². The summed E-state index contributed by atoms with van der Waals surface area (Å²) in [5.74, 6) is -0.611. The van der Waals surface area contributed by atoms with Crippen molar-refractivity contribution in [1.82, 2.24) is 4.90 Å². The van der Waals surface area contributed by atoms with E-state index in [4.69, 9.17) is 4.74 Å². The average molecular weight is 306 g/mol. The van der Waals surface area contributed by atoms with Crippen molar-refractivity contribution in [3.05, 3.63) is 65.2 Å². The number of amides is 1. The van der Waals surface area contributed by atoms with Crippen molar-refractivity contribution >= 4 is 17.6 Å². The molecule has 1 spiro atoms. The summed E-state index contributed by atoms with van der Waals surface area (Å²) in [7, 11) is 0. The number of carbonyl (C=O) groups is 2. The van der Waals surface area contributed by atoms with Crippen LogP contribution in [0, 0.1) is 0 Å². The highest BCUT2D eigenvalue weighted by Crippen LogP contribution is 2.48. The van der Waals surface area contributed by atoms with E-state index in [0.29, 0.717) is 18.7 Å². The number of esters is 1. The first-order chi connectivity index (χ1) is 11.2. The first-order valence-corrected chi connectivity index (χ1v) is 7.67. The molecule has 1 saturated heterocycles. The third kappa shape index (κ3) is 1.50. The van der Waals surface area contributed by atoms with Crippen LogP contribution in [-0.4, -0.2) is 22.8 Å². The van der Waals surface area contributed by atoms with Gasteiger partial charge >= 0.3 is 5.97 Å². The van der Waals surface area contributed by atoms with Gasteiger partial charge in [-0.25, -0.2) is 4.90 Å². The van der Waals surface area contributed by atoms with Crippen LogP contribution < -0.4 is 5.32 Å². The van der Waals surface area contributed by atoms with Crippen LogP contribution in [0.25, 0.3) is 0 Å². The van der Waals surface area contributed by atoms with Gasteiger partial charge in [0.15, 0.2) is 0 Å². The predicted octanol–water partition coefficient (Wildman–Crippen LogP) is 1.78. The molecule has 5 rings (SSSR count). The molecule has 0 radical (unpaired) electrons. The molecule has 3 heterocycles. The Morgan fingerprint density at radius 2 is 1.78 bits per heavy atom. The van der Waals surface area contributed by atoms with Crippen LogP contribution in [0.4, 0.5) is 5.69 Å². The minimum atomic E-state index is -1.33. The lowest BCUT2D eigenvalue weighted by Gasteiger charge is -2.36. The van der Waals surface area contributed by atoms with Crippen LogP contribution in [0.3, 0.4) is 0 Å². The lowest BCUT2D eigenvalue weighted by Crippen LogP contribution is -2.52. The molecule has 2 atom stereocenters. The SMILES string of the molecule is O=C1OC2(C(=O)Nc3ccccc32)N2Cc3ccccc3C[C@H]12. The quantitative estimate of drug-likeness (QED) is 0.754. The Bertz CT molecular complexity index is 863. The molecule has 0 aromatic heterocycles. The number of para-hydroxylation sites is 1. The van der Waals surface area contributed by atoms with Gasteiger partial charge in [-0.3, -0.25) is 9.59 Å². The maximum absolute atomic E-state index is 12.7. The Hall–Kier alpha value is -2.66. The summed E-state index contributed by atoms with van der Waals surface area (Å²) in [5.41, 5.74) is 2.39. The smallest absolute Gasteiger partial charge is 0.326 e. The summed E-state index contributed by atoms with van der Waals surface area (Å²) in [6.45, 7) is 0.522. The zero-order chi connectivity index (χ0) is 15.6. The minimum absolute atomic E-state index is 0.283. The molecule has 2 aromatic rings. The van der Waals surface area contributed by atoms with Gasteiger partial charge in [-0.1, -0.05) is 42.5 Å².